The molecule has 0 saturated heterocycles. The lowest BCUT2D eigenvalue weighted by Gasteiger charge is -2.15. The summed E-state index contributed by atoms with van der Waals surface area (Å²) >= 11 is 12.6. The molecule has 3 aromatic rings. The third kappa shape index (κ3) is 5.02. The summed E-state index contributed by atoms with van der Waals surface area (Å²) in [6.07, 6.45) is 2.75. The number of carbonyl (C=O) groups excluding carboxylic acids is 1. The Bertz CT molecular complexity index is 1190. The SMILES string of the molecule is CCCN1C(=O)/C(=C\c2cc(Cl)c(OCc3ccc(Cl)cc3)c(OCC)c2)c2ccccc21. The normalized spacial score (nSPS) is 14.0. The summed E-state index contributed by atoms with van der Waals surface area (Å²) in [7, 11) is 0. The number of hydrogen-bond acceptors (Lipinski definition) is 3. The Labute approximate surface area is 204 Å². The molecule has 6 heteroatoms. The van der Waals surface area contributed by atoms with Crippen molar-refractivity contribution in [1.82, 2.24) is 0 Å². The number of ether oxygens (including phenoxy) is 2. The molecule has 0 aliphatic carbocycles. The van der Waals surface area contributed by atoms with Crippen LogP contribution in [0.2, 0.25) is 10.0 Å². The minimum Gasteiger partial charge on any atom is -0.490 e. The second-order valence-electron chi connectivity index (χ2n) is 7.71. The quantitative estimate of drug-likeness (QED) is 0.317. The molecule has 1 amide bonds. The van der Waals surface area contributed by atoms with E-state index in [-0.39, 0.29) is 5.91 Å². The van der Waals surface area contributed by atoms with Gasteiger partial charge in [0, 0.05) is 22.7 Å². The van der Waals surface area contributed by atoms with Crippen LogP contribution in [0.15, 0.2) is 60.7 Å². The van der Waals surface area contributed by atoms with Crippen LogP contribution in [0.25, 0.3) is 11.6 Å². The van der Waals surface area contributed by atoms with Crippen LogP contribution >= 0.6 is 23.2 Å². The van der Waals surface area contributed by atoms with Crippen molar-refractivity contribution in [1.29, 1.82) is 0 Å². The molecule has 170 valence electrons. The molecule has 0 aromatic heterocycles. The molecule has 4 nitrogen and oxygen atoms in total. The minimum atomic E-state index is -0.00445. The van der Waals surface area contributed by atoms with Gasteiger partial charge in [-0.3, -0.25) is 4.79 Å². The Morgan fingerprint density at radius 3 is 2.45 bits per heavy atom. The number of benzene rings is 3. The van der Waals surface area contributed by atoms with Crippen molar-refractivity contribution in [2.45, 2.75) is 26.9 Å². The number of halogens is 2. The number of nitrogens with zero attached hydrogens (tertiary/aromatic N) is 1. The highest BCUT2D eigenvalue weighted by atomic mass is 35.5. The second-order valence-corrected chi connectivity index (χ2v) is 8.55. The molecule has 0 spiro atoms. The van der Waals surface area contributed by atoms with Gasteiger partial charge in [0.05, 0.1) is 17.3 Å². The average molecular weight is 482 g/mol. The first-order chi connectivity index (χ1) is 16.0. The molecule has 33 heavy (non-hydrogen) atoms. The number of carbonyl (C=O) groups is 1. The van der Waals surface area contributed by atoms with Gasteiger partial charge in [-0.1, -0.05) is 60.5 Å². The van der Waals surface area contributed by atoms with Crippen molar-refractivity contribution in [2.75, 3.05) is 18.1 Å². The number of hydrogen-bond donors (Lipinski definition) is 0. The van der Waals surface area contributed by atoms with E-state index < -0.39 is 0 Å². The molecule has 3 aromatic carbocycles. The third-order valence-electron chi connectivity index (χ3n) is 5.35. The fourth-order valence-electron chi connectivity index (χ4n) is 3.87. The highest BCUT2D eigenvalue weighted by molar-refractivity contribution is 6.36. The van der Waals surface area contributed by atoms with Gasteiger partial charge in [0.15, 0.2) is 11.5 Å². The molecule has 0 saturated carbocycles. The van der Waals surface area contributed by atoms with Gasteiger partial charge in [0.1, 0.15) is 6.61 Å². The first kappa shape index (κ1) is 23.2. The fourth-order valence-corrected chi connectivity index (χ4v) is 4.27. The summed E-state index contributed by atoms with van der Waals surface area (Å²) < 4.78 is 11.8. The van der Waals surface area contributed by atoms with Crippen LogP contribution in [-0.2, 0) is 11.4 Å². The Morgan fingerprint density at radius 1 is 0.970 bits per heavy atom. The maximum atomic E-state index is 13.2. The number of fused-ring (bicyclic) bond motifs is 1. The minimum absolute atomic E-state index is 0.00445. The monoisotopic (exact) mass is 481 g/mol. The van der Waals surface area contributed by atoms with Crippen LogP contribution in [-0.4, -0.2) is 19.1 Å². The molecule has 0 N–H and O–H groups in total. The Kier molecular flexibility index (Phi) is 7.26. The smallest absolute Gasteiger partial charge is 0.258 e. The number of rotatable bonds is 8. The Hall–Kier alpha value is -2.95. The van der Waals surface area contributed by atoms with Crippen LogP contribution in [0.4, 0.5) is 5.69 Å². The number of amides is 1. The standard InChI is InChI=1S/C27H25Cl2NO3/c1-3-13-30-24-8-6-5-7-21(24)22(27(30)31)14-19-15-23(29)26(25(16-19)32-4-2)33-17-18-9-11-20(28)12-10-18/h5-12,14-16H,3-4,13,17H2,1-2H3/b22-14-. The van der Waals surface area contributed by atoms with Crippen LogP contribution in [0.1, 0.15) is 37.0 Å². The van der Waals surface area contributed by atoms with Crippen molar-refractivity contribution in [2.24, 2.45) is 0 Å². The van der Waals surface area contributed by atoms with Gasteiger partial charge in [-0.05, 0) is 60.9 Å². The summed E-state index contributed by atoms with van der Waals surface area (Å²) in [5, 5.41) is 1.09. The van der Waals surface area contributed by atoms with E-state index in [1.54, 1.807) is 6.07 Å². The number of para-hydroxylation sites is 1. The predicted octanol–water partition coefficient (Wildman–Crippen LogP) is 7.27. The fraction of sp³-hybridized carbons (Fsp3) is 0.222. The second kappa shape index (κ2) is 10.3. The van der Waals surface area contributed by atoms with Crippen LogP contribution in [0, 0.1) is 0 Å². The zero-order valence-electron chi connectivity index (χ0n) is 18.6. The lowest BCUT2D eigenvalue weighted by atomic mass is 10.0. The van der Waals surface area contributed by atoms with Crippen molar-refractivity contribution in [3.05, 3.63) is 87.4 Å². The maximum absolute atomic E-state index is 13.2. The first-order valence-electron chi connectivity index (χ1n) is 11.0. The van der Waals surface area contributed by atoms with Crippen LogP contribution < -0.4 is 14.4 Å². The van der Waals surface area contributed by atoms with Gasteiger partial charge in [-0.2, -0.15) is 0 Å². The van der Waals surface area contributed by atoms with Gasteiger partial charge < -0.3 is 14.4 Å². The summed E-state index contributed by atoms with van der Waals surface area (Å²) in [5.41, 5.74) is 4.25. The predicted molar refractivity (Wildman–Crippen MR) is 135 cm³/mol. The molecule has 0 fully saturated rings. The van der Waals surface area contributed by atoms with Gasteiger partial charge in [0.2, 0.25) is 0 Å². The molecular formula is C27H25Cl2NO3. The highest BCUT2D eigenvalue weighted by Crippen LogP contribution is 2.41. The van der Waals surface area contributed by atoms with E-state index in [1.807, 2.05) is 72.5 Å². The molecule has 4 rings (SSSR count). The Morgan fingerprint density at radius 2 is 1.73 bits per heavy atom. The lowest BCUT2D eigenvalue weighted by Crippen LogP contribution is -2.26. The summed E-state index contributed by atoms with van der Waals surface area (Å²) in [5.74, 6) is 1.01. The number of anilines is 1. The van der Waals surface area contributed by atoms with E-state index in [4.69, 9.17) is 32.7 Å². The zero-order chi connectivity index (χ0) is 23.4. The van der Waals surface area contributed by atoms with E-state index in [9.17, 15) is 4.79 Å². The summed E-state index contributed by atoms with van der Waals surface area (Å²) in [6, 6.07) is 19.0. The topological polar surface area (TPSA) is 38.8 Å². The Balaban J connectivity index is 1.67. The molecule has 1 aliphatic heterocycles. The van der Waals surface area contributed by atoms with E-state index in [0.29, 0.717) is 46.9 Å². The molecule has 1 aliphatic rings. The largest absolute Gasteiger partial charge is 0.490 e. The van der Waals surface area contributed by atoms with Crippen molar-refractivity contribution < 1.29 is 14.3 Å². The highest BCUT2D eigenvalue weighted by Gasteiger charge is 2.31. The van der Waals surface area contributed by atoms with Crippen molar-refractivity contribution >= 4 is 46.4 Å². The lowest BCUT2D eigenvalue weighted by molar-refractivity contribution is -0.113. The summed E-state index contributed by atoms with van der Waals surface area (Å²) in [4.78, 5) is 15.0. The first-order valence-corrected chi connectivity index (χ1v) is 11.7. The molecular weight excluding hydrogens is 457 g/mol. The summed E-state index contributed by atoms with van der Waals surface area (Å²) in [6.45, 7) is 5.43. The maximum Gasteiger partial charge on any atom is 0.258 e. The van der Waals surface area contributed by atoms with Crippen LogP contribution in [0.3, 0.4) is 0 Å². The zero-order valence-corrected chi connectivity index (χ0v) is 20.1. The third-order valence-corrected chi connectivity index (χ3v) is 5.88. The molecule has 1 heterocycles. The molecule has 0 radical (unpaired) electrons. The van der Waals surface area contributed by atoms with Gasteiger partial charge in [-0.15, -0.1) is 0 Å². The average Bonchev–Trinajstić information content (AvgIpc) is 3.06. The van der Waals surface area contributed by atoms with Gasteiger partial charge in [0.25, 0.3) is 5.91 Å². The van der Waals surface area contributed by atoms with Gasteiger partial charge >= 0.3 is 0 Å². The van der Waals surface area contributed by atoms with Crippen LogP contribution in [0.5, 0.6) is 11.5 Å². The van der Waals surface area contributed by atoms with E-state index in [0.717, 1.165) is 28.8 Å². The van der Waals surface area contributed by atoms with Crippen molar-refractivity contribution in [3.63, 3.8) is 0 Å². The van der Waals surface area contributed by atoms with E-state index in [2.05, 4.69) is 6.92 Å². The van der Waals surface area contributed by atoms with E-state index >= 15 is 0 Å². The van der Waals surface area contributed by atoms with E-state index in [1.165, 1.54) is 0 Å². The molecule has 0 bridgehead atoms. The molecule has 0 atom stereocenters. The van der Waals surface area contributed by atoms with Crippen molar-refractivity contribution in [3.8, 4) is 11.5 Å². The molecule has 0 unspecified atom stereocenters. The van der Waals surface area contributed by atoms with Gasteiger partial charge in [-0.25, -0.2) is 0 Å².